The van der Waals surface area contributed by atoms with Crippen molar-refractivity contribution in [2.45, 2.75) is 199 Å². The first-order valence-electron chi connectivity index (χ1n) is 30.3. The van der Waals surface area contributed by atoms with E-state index in [0.29, 0.717) is 89.4 Å². The van der Waals surface area contributed by atoms with Gasteiger partial charge in [-0.1, -0.05) is 101 Å². The molecule has 1 aromatic carbocycles. The number of rotatable bonds is 14. The summed E-state index contributed by atoms with van der Waals surface area (Å²) in [5, 5.41) is 36.1. The van der Waals surface area contributed by atoms with Gasteiger partial charge in [-0.3, -0.25) is 14.4 Å². The molecule has 3 N–H and O–H groups in total. The molecule has 82 heavy (non-hydrogen) atoms. The van der Waals surface area contributed by atoms with Crippen LogP contribution in [0.2, 0.25) is 0 Å². The Bertz CT molecular complexity index is 2320. The zero-order valence-corrected chi connectivity index (χ0v) is 51.4. The first kappa shape index (κ1) is 68.2. The summed E-state index contributed by atoms with van der Waals surface area (Å²) in [6.07, 6.45) is 10.3. The zero-order chi connectivity index (χ0) is 60.3. The van der Waals surface area contributed by atoms with Gasteiger partial charge in [0.15, 0.2) is 11.9 Å². The van der Waals surface area contributed by atoms with E-state index in [1.807, 2.05) is 103 Å². The third kappa shape index (κ3) is 19.7. The summed E-state index contributed by atoms with van der Waals surface area (Å²) in [5.41, 5.74) is 2.41. The fraction of sp³-hybridized carbons (Fsp3) is 0.708. The van der Waals surface area contributed by atoms with Crippen LogP contribution in [0.4, 0.5) is 4.79 Å². The summed E-state index contributed by atoms with van der Waals surface area (Å²) in [6.45, 7) is 14.8. The van der Waals surface area contributed by atoms with E-state index in [-0.39, 0.29) is 54.8 Å². The lowest BCUT2D eigenvalue weighted by molar-refractivity contribution is -0.317. The minimum Gasteiger partial charge on any atom is -0.460 e. The van der Waals surface area contributed by atoms with Gasteiger partial charge in [-0.25, -0.2) is 9.59 Å². The van der Waals surface area contributed by atoms with Crippen LogP contribution in [0.3, 0.4) is 0 Å². The molecule has 17 heteroatoms. The predicted molar refractivity (Wildman–Crippen MR) is 315 cm³/mol. The molecule has 4 aliphatic rings. The molecule has 17 nitrogen and oxygen atoms in total. The Morgan fingerprint density at radius 1 is 0.854 bits per heavy atom. The van der Waals surface area contributed by atoms with Crippen LogP contribution < -0.4 is 0 Å². The number of aliphatic hydroxyl groups is 3. The zero-order valence-electron chi connectivity index (χ0n) is 51.4. The van der Waals surface area contributed by atoms with Gasteiger partial charge in [0.1, 0.15) is 36.2 Å². The Labute approximate surface area is 489 Å². The summed E-state index contributed by atoms with van der Waals surface area (Å²) in [4.78, 5) is 76.0. The van der Waals surface area contributed by atoms with Crippen molar-refractivity contribution in [1.29, 1.82) is 0 Å². The van der Waals surface area contributed by atoms with Crippen LogP contribution in [0.5, 0.6) is 0 Å². The van der Waals surface area contributed by atoms with Gasteiger partial charge in [0.25, 0.3) is 5.91 Å². The van der Waals surface area contributed by atoms with Crippen molar-refractivity contribution in [1.82, 2.24) is 14.7 Å². The summed E-state index contributed by atoms with van der Waals surface area (Å²) in [7, 11) is 8.69. The average Bonchev–Trinajstić information content (AvgIpc) is 3.56. The van der Waals surface area contributed by atoms with E-state index >= 15 is 0 Å². The maximum atomic E-state index is 14.8. The number of hydrogen-bond acceptors (Lipinski definition) is 15. The fourth-order valence-electron chi connectivity index (χ4n) is 12.2. The number of benzene rings is 1. The maximum Gasteiger partial charge on any atom is 0.409 e. The van der Waals surface area contributed by atoms with E-state index < -0.39 is 90.3 Å². The molecule has 5 rings (SSSR count). The number of hydrogen-bond donors (Lipinski definition) is 3. The highest BCUT2D eigenvalue weighted by Gasteiger charge is 2.53. The molecule has 1 aromatic rings. The number of cyclic esters (lactones) is 1. The van der Waals surface area contributed by atoms with Gasteiger partial charge in [-0.05, 0) is 146 Å². The number of amides is 2. The second-order valence-electron chi connectivity index (χ2n) is 24.6. The van der Waals surface area contributed by atoms with E-state index in [0.717, 1.165) is 24.1 Å². The molecule has 0 radical (unpaired) electrons. The van der Waals surface area contributed by atoms with Crippen molar-refractivity contribution in [2.24, 2.45) is 35.5 Å². The van der Waals surface area contributed by atoms with Crippen molar-refractivity contribution < 1.29 is 67.7 Å². The molecule has 0 aromatic heterocycles. The first-order chi connectivity index (χ1) is 39.0. The van der Waals surface area contributed by atoms with Crippen LogP contribution in [-0.4, -0.2) is 182 Å². The van der Waals surface area contributed by atoms with Crippen molar-refractivity contribution in [2.75, 3.05) is 61.6 Å². The molecule has 1 aliphatic carbocycles. The number of aliphatic hydroxyl groups excluding tert-OH is 2. The third-order valence-corrected chi connectivity index (χ3v) is 17.6. The highest BCUT2D eigenvalue weighted by Crippen LogP contribution is 2.39. The number of carbonyl (C=O) groups is 5. The number of esters is 1. The number of Topliss-reactive ketones (excluding diaryl/α,β-unsaturated/α-hetero) is 2. The van der Waals surface area contributed by atoms with Crippen LogP contribution in [0.1, 0.15) is 138 Å². The number of ketones is 2. The fourth-order valence-corrected chi connectivity index (χ4v) is 12.2. The van der Waals surface area contributed by atoms with Gasteiger partial charge in [-0.2, -0.15) is 0 Å². The summed E-state index contributed by atoms with van der Waals surface area (Å²) < 4.78 is 37.0. The summed E-state index contributed by atoms with van der Waals surface area (Å²) in [6, 6.07) is 8.90. The Morgan fingerprint density at radius 3 is 2.28 bits per heavy atom. The quantitative estimate of drug-likeness (QED) is 0.118. The van der Waals surface area contributed by atoms with Gasteiger partial charge >= 0.3 is 12.1 Å². The summed E-state index contributed by atoms with van der Waals surface area (Å²) >= 11 is 0. The monoisotopic (exact) mass is 1150 g/mol. The second kappa shape index (κ2) is 33.2. The van der Waals surface area contributed by atoms with Crippen molar-refractivity contribution >= 4 is 29.5 Å². The average molecular weight is 1150 g/mol. The molecule has 460 valence electrons. The molecule has 1 saturated carbocycles. The number of nitrogens with zero attached hydrogens (tertiary/aromatic N) is 3. The van der Waals surface area contributed by atoms with E-state index in [4.69, 9.17) is 28.4 Å². The highest BCUT2D eigenvalue weighted by molar-refractivity contribution is 5.89. The Balaban J connectivity index is 1.44. The highest BCUT2D eigenvalue weighted by atomic mass is 16.6. The normalized spacial score (nSPS) is 35.3. The Hall–Kier alpha value is -4.59. The van der Waals surface area contributed by atoms with Crippen LogP contribution in [0, 0.1) is 35.5 Å². The topological polar surface area (TPSA) is 211 Å². The maximum absolute atomic E-state index is 14.8. The van der Waals surface area contributed by atoms with Crippen LogP contribution in [0.25, 0.3) is 0 Å². The van der Waals surface area contributed by atoms with Gasteiger partial charge < -0.3 is 58.4 Å². The lowest BCUT2D eigenvalue weighted by Crippen LogP contribution is -2.63. The third-order valence-electron chi connectivity index (χ3n) is 17.6. The largest absolute Gasteiger partial charge is 0.460 e. The smallest absolute Gasteiger partial charge is 0.409 e. The number of allylic oxidation sites excluding steroid dienone is 6. The standard InChI is InChI=1S/C65H101N3O14/c1-42-22-15-13-16-23-43(2)55(79-35-31-49-24-17-14-18-25-49)40-51-29-27-48(7)65(76,82-51)61(72)62(73)68-34-20-19-26-52(68)63(74)80-56(41-53(69)44(3)37-47(6)59(71)60(78-12)58(70)46(5)36-42)45(4)38-50-28-30-54(57(39-50)77-11)81-64(75)67(10)33-21-32-66(8)9/h13-18,22-25,37,42,44-46,48,50-52,54-57,59-61,71-72,76H,19-21,26-36,38-41H2,1-12H3/b16-13+,22-15+,43-23+,47-37+/t42-,44-,45-,46-,48-,50+,51+,52?,54-,55?,56+,57-,59-,60+,61?,65-/m1/s1. The molecular formula is C65H101N3O14. The van der Waals surface area contributed by atoms with E-state index in [1.54, 1.807) is 45.9 Å². The van der Waals surface area contributed by atoms with E-state index in [9.17, 15) is 39.3 Å². The van der Waals surface area contributed by atoms with E-state index in [2.05, 4.69) is 4.90 Å². The molecule has 16 atom stereocenters. The van der Waals surface area contributed by atoms with Gasteiger partial charge in [-0.15, -0.1) is 0 Å². The molecule has 2 bridgehead atoms. The van der Waals surface area contributed by atoms with Crippen molar-refractivity contribution in [3.63, 3.8) is 0 Å². The molecule has 0 spiro atoms. The lowest BCUT2D eigenvalue weighted by atomic mass is 9.78. The van der Waals surface area contributed by atoms with Crippen molar-refractivity contribution in [3.05, 3.63) is 83.5 Å². The summed E-state index contributed by atoms with van der Waals surface area (Å²) in [5.74, 6) is -6.62. The molecule has 3 unspecified atom stereocenters. The molecule has 2 saturated heterocycles. The number of piperidine rings is 1. The van der Waals surface area contributed by atoms with Gasteiger partial charge in [0.2, 0.25) is 5.79 Å². The van der Waals surface area contributed by atoms with Crippen LogP contribution >= 0.6 is 0 Å². The molecule has 3 aliphatic heterocycles. The minimum absolute atomic E-state index is 0.00360. The molecule has 3 heterocycles. The van der Waals surface area contributed by atoms with Crippen LogP contribution in [0.15, 0.2) is 77.9 Å². The number of fused-ring (bicyclic) bond motifs is 3. The number of carbonyl (C=O) groups excluding carboxylic acids is 5. The van der Waals surface area contributed by atoms with Gasteiger partial charge in [0.05, 0.1) is 24.9 Å². The molecule has 2 amide bonds. The molecule has 3 fully saturated rings. The number of ether oxygens (including phenoxy) is 6. The number of methoxy groups -OCH3 is 2. The SMILES string of the molecule is CO[C@@H]1C[C@H](C[C@@H](C)[C@@H]2CC(=O)[C@H](C)/C=C(\C)[C@@H](O)[C@@H](OC)C(=O)[C@H](C)C[C@H](C)/C=C/C=C/C=C(\C)C(OCCc3ccccc3)C[C@@H]3CC[C@@H](C)[C@@](O)(O3)C(O)C(=O)N3CCCCC3C(=O)O2)CC[C@H]1OC(=O)N(C)CCCN(C)C. The second-order valence-corrected chi connectivity index (χ2v) is 24.6. The molecular weight excluding hydrogens is 1050 g/mol. The Morgan fingerprint density at radius 2 is 1.59 bits per heavy atom. The Kier molecular flexibility index (Phi) is 27.6. The minimum atomic E-state index is -2.29. The van der Waals surface area contributed by atoms with Crippen LogP contribution in [-0.2, 0) is 54.0 Å². The lowest BCUT2D eigenvalue weighted by Gasteiger charge is -2.46. The van der Waals surface area contributed by atoms with Gasteiger partial charge in [0, 0.05) is 65.0 Å². The van der Waals surface area contributed by atoms with Crippen molar-refractivity contribution in [3.8, 4) is 0 Å². The first-order valence-corrected chi connectivity index (χ1v) is 30.3. The van der Waals surface area contributed by atoms with E-state index in [1.165, 1.54) is 12.0 Å². The predicted octanol–water partition coefficient (Wildman–Crippen LogP) is 8.61.